The molecule has 442 valence electrons. The molecule has 1 aliphatic carbocycles. The zero-order valence-corrected chi connectivity index (χ0v) is 48.5. The maximum atomic E-state index is 14.6. The number of esters is 1. The molecule has 4 N–H and O–H groups in total. The highest BCUT2D eigenvalue weighted by atomic mass is 16.7. The topological polar surface area (TPSA) is 244 Å². The molecule has 78 heavy (non-hydrogen) atoms. The predicted molar refractivity (Wildman–Crippen MR) is 292 cm³/mol. The van der Waals surface area contributed by atoms with Crippen LogP contribution in [0.25, 0.3) is 0 Å². The van der Waals surface area contributed by atoms with Crippen LogP contribution in [0.1, 0.15) is 139 Å². The normalized spacial score (nSPS) is 35.5. The minimum atomic E-state index is -2.21. The third-order valence-corrected chi connectivity index (χ3v) is 16.1. The minimum Gasteiger partial charge on any atom is -0.460 e. The number of amides is 2. The molecule has 3 heterocycles. The van der Waals surface area contributed by atoms with Crippen LogP contribution < -0.4 is 10.8 Å². The number of carbonyl (C=O) groups is 6. The van der Waals surface area contributed by atoms with E-state index in [4.69, 9.17) is 38.0 Å². The Balaban J connectivity index is 1.60. The number of cyclic esters (lactones) is 1. The van der Waals surface area contributed by atoms with Crippen LogP contribution in [0.5, 0.6) is 0 Å². The fraction of sp³-hybridized carbons (Fsp3) is 0.763. The molecule has 0 unspecified atom stereocenters. The summed E-state index contributed by atoms with van der Waals surface area (Å²) in [5, 5.41) is 26.8. The number of ketones is 3. The molecule has 15 atom stereocenters. The van der Waals surface area contributed by atoms with E-state index in [1.54, 1.807) is 41.1 Å². The van der Waals surface area contributed by atoms with Crippen molar-refractivity contribution in [2.24, 2.45) is 35.5 Å². The first kappa shape index (κ1) is 66.3. The van der Waals surface area contributed by atoms with Crippen molar-refractivity contribution in [1.82, 2.24) is 15.7 Å². The highest BCUT2D eigenvalue weighted by molar-refractivity contribution is 6.39. The molecule has 0 aromatic heterocycles. The molecule has 0 spiro atoms. The van der Waals surface area contributed by atoms with Gasteiger partial charge < -0.3 is 48.3 Å². The molecule has 0 aromatic carbocycles. The maximum absolute atomic E-state index is 14.6. The first-order valence-corrected chi connectivity index (χ1v) is 28.5. The van der Waals surface area contributed by atoms with Crippen LogP contribution in [0.3, 0.4) is 0 Å². The van der Waals surface area contributed by atoms with E-state index in [0.717, 1.165) is 12.0 Å². The number of aliphatic hydroxyl groups excluding tert-OH is 1. The van der Waals surface area contributed by atoms with Gasteiger partial charge in [0.2, 0.25) is 0 Å². The van der Waals surface area contributed by atoms with E-state index < -0.39 is 89.7 Å². The Morgan fingerprint density at radius 2 is 1.56 bits per heavy atom. The highest BCUT2D eigenvalue weighted by Crippen LogP contribution is 2.36. The summed E-state index contributed by atoms with van der Waals surface area (Å²) < 4.78 is 40.2. The predicted octanol–water partition coefficient (Wildman–Crippen LogP) is 6.86. The first-order chi connectivity index (χ1) is 37.2. The molecule has 2 bridgehead atoms. The number of methoxy groups -OCH3 is 3. The molecular weight excluding hydrogens is 1010 g/mol. The number of hydrogen-bond donors (Lipinski definition) is 4. The number of allylic oxidation sites excluding steroid dienone is 6. The Morgan fingerprint density at radius 3 is 2.26 bits per heavy atom. The van der Waals surface area contributed by atoms with E-state index in [1.807, 2.05) is 65.0 Å². The Morgan fingerprint density at radius 1 is 0.846 bits per heavy atom. The molecule has 4 aliphatic rings. The summed E-state index contributed by atoms with van der Waals surface area (Å²) in [5.74, 6) is -5.66. The fourth-order valence-corrected chi connectivity index (χ4v) is 11.2. The third kappa shape index (κ3) is 19.8. The largest absolute Gasteiger partial charge is 0.460 e. The van der Waals surface area contributed by atoms with Gasteiger partial charge in [0, 0.05) is 64.7 Å². The highest BCUT2D eigenvalue weighted by Gasteiger charge is 2.52. The van der Waals surface area contributed by atoms with Crippen LogP contribution in [0.15, 0.2) is 47.6 Å². The molecule has 1 saturated carbocycles. The van der Waals surface area contributed by atoms with Gasteiger partial charge in [-0.3, -0.25) is 29.3 Å². The van der Waals surface area contributed by atoms with Crippen LogP contribution in [0, 0.1) is 35.5 Å². The quantitative estimate of drug-likeness (QED) is 0.0405. The van der Waals surface area contributed by atoms with Crippen molar-refractivity contribution in [3.8, 4) is 0 Å². The van der Waals surface area contributed by atoms with E-state index in [9.17, 15) is 39.0 Å². The van der Waals surface area contributed by atoms with E-state index in [2.05, 4.69) is 10.8 Å². The summed E-state index contributed by atoms with van der Waals surface area (Å²) in [6.07, 6.45) is 11.6. The van der Waals surface area contributed by atoms with Crippen LogP contribution in [0.2, 0.25) is 0 Å². The Hall–Kier alpha value is -4.18. The number of ether oxygens (including phenoxy) is 7. The van der Waals surface area contributed by atoms with Gasteiger partial charge in [-0.25, -0.2) is 9.59 Å². The lowest BCUT2D eigenvalue weighted by atomic mass is 9.78. The standard InChI is InChI=1S/C59H95N3O16/c1-12-26-74-27-28-75-29-30-76-61-58(69)78-48-24-22-44(34-51(48)72-10)33-40(5)50-36-47(63)39(4)32-42(7)53(65)54(73-11)52(64)41(6)31-37(2)18-14-13-15-19-38(3)49(71-9)35-45-23-21-43(8)59(70,60-45)55(66)56(67)62-25-17-16-20-46(62)57(68)77-50/h13-15,18-19,32,37,39-41,43-46,48-51,53-54,60,65,70H,12,16-17,20-31,33-36H2,1-11H3,(H,61,69)/b15-13+,18-14+,38-19+,42-32+/t37-,39-,40-,41-,43-,44+,45+,46+,48-,49+,50+,51-,53-,54+,59+/m1/s1. The van der Waals surface area contributed by atoms with Gasteiger partial charge >= 0.3 is 12.1 Å². The number of carbonyl (C=O) groups excluding carboxylic acids is 6. The number of hydrogen-bond acceptors (Lipinski definition) is 17. The van der Waals surface area contributed by atoms with Crippen molar-refractivity contribution in [1.29, 1.82) is 0 Å². The van der Waals surface area contributed by atoms with Crippen LogP contribution >= 0.6 is 0 Å². The fourth-order valence-electron chi connectivity index (χ4n) is 11.2. The van der Waals surface area contributed by atoms with Gasteiger partial charge in [-0.2, -0.15) is 5.48 Å². The molecule has 0 radical (unpaired) electrons. The van der Waals surface area contributed by atoms with Crippen molar-refractivity contribution < 1.29 is 77.0 Å². The lowest BCUT2D eigenvalue weighted by molar-refractivity contribution is -0.173. The number of nitrogens with one attached hydrogen (secondary N) is 2. The van der Waals surface area contributed by atoms with E-state index in [-0.39, 0.29) is 68.1 Å². The van der Waals surface area contributed by atoms with Crippen LogP contribution in [-0.4, -0.2) is 166 Å². The van der Waals surface area contributed by atoms with Gasteiger partial charge in [-0.15, -0.1) is 0 Å². The second-order valence-electron chi connectivity index (χ2n) is 22.3. The van der Waals surface area contributed by atoms with E-state index in [1.165, 1.54) is 12.0 Å². The van der Waals surface area contributed by atoms with Gasteiger partial charge in [-0.1, -0.05) is 78.0 Å². The summed E-state index contributed by atoms with van der Waals surface area (Å²) in [6, 6.07) is -1.55. The minimum absolute atomic E-state index is 0.00137. The number of aliphatic hydroxyl groups is 2. The number of rotatable bonds is 16. The Bertz CT molecular complexity index is 2060. The average molecular weight is 1100 g/mol. The van der Waals surface area contributed by atoms with Crippen molar-refractivity contribution >= 4 is 35.3 Å². The molecule has 3 aliphatic heterocycles. The summed E-state index contributed by atoms with van der Waals surface area (Å²) in [7, 11) is 4.51. The van der Waals surface area contributed by atoms with Crippen LogP contribution in [-0.2, 0) is 62.0 Å². The Labute approximate surface area is 463 Å². The summed E-state index contributed by atoms with van der Waals surface area (Å²) in [6.45, 7) is 16.7. The average Bonchev–Trinajstić information content (AvgIpc) is 3.42. The zero-order chi connectivity index (χ0) is 57.5. The van der Waals surface area contributed by atoms with E-state index in [0.29, 0.717) is 89.6 Å². The SMILES string of the molecule is CCCOCCOCCONC(=O)O[C@@H]1CC[C@@H](C[C@@H](C)[C@@H]2CC(=O)[C@H](C)/C=C(\C)[C@@H](O)[C@@H](OC)C(=O)[C@H](C)C[C@H](C)/C=C/C=C/C=C(\C)[C@@H](OC)C[C@@H]3CC[C@@H](C)[C@@](O)(N3)C(=O)C(=O)N3CCCC[C@H]3C(=O)O2)C[C@H]1OC. The van der Waals surface area contributed by atoms with Crippen molar-refractivity contribution in [2.75, 3.05) is 60.9 Å². The number of Topliss-reactive ketones (excluding diaryl/α,β-unsaturated/α-hetero) is 3. The van der Waals surface area contributed by atoms with Crippen molar-refractivity contribution in [3.05, 3.63) is 47.6 Å². The third-order valence-electron chi connectivity index (χ3n) is 16.1. The lowest BCUT2D eigenvalue weighted by Gasteiger charge is -2.43. The lowest BCUT2D eigenvalue weighted by Crippen LogP contribution is -2.67. The summed E-state index contributed by atoms with van der Waals surface area (Å²) in [4.78, 5) is 90.8. The molecule has 2 amide bonds. The van der Waals surface area contributed by atoms with Crippen molar-refractivity contribution in [3.63, 3.8) is 0 Å². The monoisotopic (exact) mass is 1100 g/mol. The van der Waals surface area contributed by atoms with Gasteiger partial charge in [0.05, 0.1) is 38.6 Å². The summed E-state index contributed by atoms with van der Waals surface area (Å²) >= 11 is 0. The zero-order valence-electron chi connectivity index (χ0n) is 48.5. The molecule has 3 fully saturated rings. The maximum Gasteiger partial charge on any atom is 0.431 e. The summed E-state index contributed by atoms with van der Waals surface area (Å²) in [5.41, 5.74) is 1.36. The van der Waals surface area contributed by atoms with Gasteiger partial charge in [0.25, 0.3) is 11.7 Å². The molecule has 2 saturated heterocycles. The van der Waals surface area contributed by atoms with Gasteiger partial charge in [-0.05, 0) is 120 Å². The number of nitrogens with zero attached hydrogens (tertiary/aromatic N) is 1. The first-order valence-electron chi connectivity index (χ1n) is 28.5. The number of fused-ring (bicyclic) bond motifs is 3. The van der Waals surface area contributed by atoms with Gasteiger partial charge in [0.15, 0.2) is 11.5 Å². The molecule has 4 rings (SSSR count). The number of hydroxylamine groups is 1. The molecular formula is C59H95N3O16. The van der Waals surface area contributed by atoms with Gasteiger partial charge in [0.1, 0.15) is 36.2 Å². The van der Waals surface area contributed by atoms with Crippen molar-refractivity contribution in [2.45, 2.75) is 193 Å². The van der Waals surface area contributed by atoms with E-state index >= 15 is 0 Å². The Kier molecular flexibility index (Phi) is 28.5. The second kappa shape index (κ2) is 33.5. The number of piperidine rings is 2. The second-order valence-corrected chi connectivity index (χ2v) is 22.3. The molecule has 19 heteroatoms. The van der Waals surface area contributed by atoms with Crippen LogP contribution in [0.4, 0.5) is 4.79 Å². The smallest absolute Gasteiger partial charge is 0.431 e. The molecule has 0 aromatic rings. The molecule has 19 nitrogen and oxygen atoms in total.